The van der Waals surface area contributed by atoms with Crippen LogP contribution in [0.3, 0.4) is 0 Å². The zero-order valence-electron chi connectivity index (χ0n) is 16.2. The summed E-state index contributed by atoms with van der Waals surface area (Å²) in [5, 5.41) is 0. The van der Waals surface area contributed by atoms with Crippen LogP contribution in [-0.4, -0.2) is 50.3 Å². The van der Waals surface area contributed by atoms with Gasteiger partial charge in [-0.15, -0.1) is 0 Å². The van der Waals surface area contributed by atoms with Crippen molar-refractivity contribution in [3.63, 3.8) is 0 Å². The van der Waals surface area contributed by atoms with Gasteiger partial charge in [-0.2, -0.15) is 0 Å². The summed E-state index contributed by atoms with van der Waals surface area (Å²) in [7, 11) is 0. The molecule has 6 heteroatoms. The van der Waals surface area contributed by atoms with E-state index in [9.17, 15) is 9.59 Å². The van der Waals surface area contributed by atoms with E-state index >= 15 is 0 Å². The first kappa shape index (κ1) is 19.1. The summed E-state index contributed by atoms with van der Waals surface area (Å²) in [6, 6.07) is 10.1. The summed E-state index contributed by atoms with van der Waals surface area (Å²) in [6.07, 6.45) is 5.57. The van der Waals surface area contributed by atoms with Crippen LogP contribution in [0.5, 0.6) is 0 Å². The van der Waals surface area contributed by atoms with Crippen molar-refractivity contribution >= 4 is 11.8 Å². The van der Waals surface area contributed by atoms with Crippen molar-refractivity contribution in [3.05, 3.63) is 54.1 Å². The van der Waals surface area contributed by atoms with Gasteiger partial charge >= 0.3 is 0 Å². The fourth-order valence-electron chi connectivity index (χ4n) is 3.64. The third-order valence-electron chi connectivity index (χ3n) is 5.23. The zero-order valence-corrected chi connectivity index (χ0v) is 16.2. The minimum absolute atomic E-state index is 0.0394. The second-order valence-corrected chi connectivity index (χ2v) is 6.98. The Morgan fingerprint density at radius 3 is 2.70 bits per heavy atom. The summed E-state index contributed by atoms with van der Waals surface area (Å²) in [4.78, 5) is 33.7. The van der Waals surface area contributed by atoms with E-state index in [0.29, 0.717) is 26.1 Å². The van der Waals surface area contributed by atoms with Gasteiger partial charge in [0.15, 0.2) is 0 Å². The lowest BCUT2D eigenvalue weighted by Crippen LogP contribution is -2.44. The van der Waals surface area contributed by atoms with Crippen LogP contribution in [0.1, 0.15) is 38.1 Å². The number of imidazole rings is 1. The lowest BCUT2D eigenvalue weighted by atomic mass is 10.1. The number of benzene rings is 1. The molecule has 0 unspecified atom stereocenters. The van der Waals surface area contributed by atoms with Gasteiger partial charge < -0.3 is 14.4 Å². The molecule has 2 aromatic rings. The van der Waals surface area contributed by atoms with Crippen LogP contribution in [0.25, 0.3) is 0 Å². The van der Waals surface area contributed by atoms with E-state index in [1.807, 2.05) is 57.8 Å². The minimum Gasteiger partial charge on any atom is -0.339 e. The van der Waals surface area contributed by atoms with E-state index in [1.54, 1.807) is 6.20 Å². The van der Waals surface area contributed by atoms with E-state index < -0.39 is 0 Å². The van der Waals surface area contributed by atoms with Crippen LogP contribution in [0.15, 0.2) is 42.7 Å². The number of carbonyl (C=O) groups is 2. The Balaban J connectivity index is 1.71. The average Bonchev–Trinajstić information content (AvgIpc) is 3.07. The zero-order chi connectivity index (χ0) is 19.2. The summed E-state index contributed by atoms with van der Waals surface area (Å²) in [5.74, 6) is 1.08. The molecular weight excluding hydrogens is 340 g/mol. The SMILES string of the molecule is CCc1nccn1CC(=O)N1CCC(=O)N(Cc2ccccc2)[C@H](CC)C1. The highest BCUT2D eigenvalue weighted by molar-refractivity contribution is 5.80. The van der Waals surface area contributed by atoms with Crippen molar-refractivity contribution in [2.24, 2.45) is 0 Å². The molecule has 0 N–H and O–H groups in total. The lowest BCUT2D eigenvalue weighted by Gasteiger charge is -2.31. The second kappa shape index (κ2) is 8.84. The molecule has 0 spiro atoms. The van der Waals surface area contributed by atoms with Gasteiger partial charge in [-0.3, -0.25) is 9.59 Å². The second-order valence-electron chi connectivity index (χ2n) is 6.98. The van der Waals surface area contributed by atoms with Gasteiger partial charge in [-0.05, 0) is 12.0 Å². The maximum Gasteiger partial charge on any atom is 0.242 e. The van der Waals surface area contributed by atoms with E-state index in [2.05, 4.69) is 11.9 Å². The van der Waals surface area contributed by atoms with E-state index in [4.69, 9.17) is 0 Å². The van der Waals surface area contributed by atoms with Crippen LogP contribution in [0.2, 0.25) is 0 Å². The highest BCUT2D eigenvalue weighted by Crippen LogP contribution is 2.18. The van der Waals surface area contributed by atoms with E-state index in [0.717, 1.165) is 24.2 Å². The number of rotatable bonds is 6. The molecule has 1 saturated heterocycles. The minimum atomic E-state index is 0.0394. The number of aryl methyl sites for hydroxylation is 1. The number of aromatic nitrogens is 2. The van der Waals surface area contributed by atoms with Gasteiger partial charge in [0, 0.05) is 50.9 Å². The fourth-order valence-corrected chi connectivity index (χ4v) is 3.64. The van der Waals surface area contributed by atoms with Crippen LogP contribution in [0.4, 0.5) is 0 Å². The topological polar surface area (TPSA) is 58.4 Å². The number of carbonyl (C=O) groups excluding carboxylic acids is 2. The number of amides is 2. The van der Waals surface area contributed by atoms with Crippen LogP contribution in [-0.2, 0) is 29.1 Å². The van der Waals surface area contributed by atoms with Crippen molar-refractivity contribution in [1.82, 2.24) is 19.4 Å². The smallest absolute Gasteiger partial charge is 0.242 e. The van der Waals surface area contributed by atoms with Crippen molar-refractivity contribution < 1.29 is 9.59 Å². The van der Waals surface area contributed by atoms with Gasteiger partial charge in [-0.1, -0.05) is 44.2 Å². The molecule has 0 bridgehead atoms. The van der Waals surface area contributed by atoms with Crippen LogP contribution >= 0.6 is 0 Å². The van der Waals surface area contributed by atoms with Gasteiger partial charge in [0.05, 0.1) is 0 Å². The summed E-state index contributed by atoms with van der Waals surface area (Å²) in [6.45, 7) is 6.06. The third-order valence-corrected chi connectivity index (χ3v) is 5.23. The van der Waals surface area contributed by atoms with Gasteiger partial charge in [0.2, 0.25) is 11.8 Å². The fraction of sp³-hybridized carbons (Fsp3) is 0.476. The molecule has 0 aliphatic carbocycles. The maximum atomic E-state index is 12.9. The normalized spacial score (nSPS) is 17.9. The molecule has 1 aliphatic heterocycles. The monoisotopic (exact) mass is 368 g/mol. The summed E-state index contributed by atoms with van der Waals surface area (Å²) >= 11 is 0. The van der Waals surface area contributed by atoms with Gasteiger partial charge in [-0.25, -0.2) is 4.98 Å². The van der Waals surface area contributed by atoms with Crippen molar-refractivity contribution in [2.45, 2.75) is 52.2 Å². The summed E-state index contributed by atoms with van der Waals surface area (Å²) < 4.78 is 1.90. The van der Waals surface area contributed by atoms with Crippen molar-refractivity contribution in [2.75, 3.05) is 13.1 Å². The Hall–Kier alpha value is -2.63. The van der Waals surface area contributed by atoms with Crippen molar-refractivity contribution in [3.8, 4) is 0 Å². The molecule has 2 amide bonds. The Morgan fingerprint density at radius 1 is 1.22 bits per heavy atom. The molecule has 3 rings (SSSR count). The maximum absolute atomic E-state index is 12.9. The number of nitrogens with zero attached hydrogens (tertiary/aromatic N) is 4. The predicted molar refractivity (Wildman–Crippen MR) is 104 cm³/mol. The van der Waals surface area contributed by atoms with Gasteiger partial charge in [0.25, 0.3) is 0 Å². The largest absolute Gasteiger partial charge is 0.339 e. The first-order valence-electron chi connectivity index (χ1n) is 9.73. The predicted octanol–water partition coefficient (Wildman–Crippen LogP) is 2.49. The Bertz CT molecular complexity index is 771. The molecule has 6 nitrogen and oxygen atoms in total. The molecule has 1 aromatic carbocycles. The molecular formula is C21H28N4O2. The third kappa shape index (κ3) is 4.56. The first-order valence-corrected chi connectivity index (χ1v) is 9.73. The van der Waals surface area contributed by atoms with Gasteiger partial charge in [0.1, 0.15) is 12.4 Å². The first-order chi connectivity index (χ1) is 13.1. The standard InChI is InChI=1S/C21H28N4O2/c1-3-18-15-24(21(27)16-23-13-11-22-19(23)4-2)12-10-20(26)25(18)14-17-8-6-5-7-9-17/h5-9,11,13,18H,3-4,10,12,14-16H2,1-2H3/t18-/m1/s1. The van der Waals surface area contributed by atoms with Crippen LogP contribution in [0, 0.1) is 0 Å². The Labute approximate surface area is 160 Å². The molecule has 1 atom stereocenters. The molecule has 27 heavy (non-hydrogen) atoms. The molecule has 1 aromatic heterocycles. The molecule has 0 radical (unpaired) electrons. The Morgan fingerprint density at radius 2 is 2.00 bits per heavy atom. The van der Waals surface area contributed by atoms with E-state index in [1.165, 1.54) is 0 Å². The quantitative estimate of drug-likeness (QED) is 0.787. The molecule has 1 aliphatic rings. The van der Waals surface area contributed by atoms with Crippen molar-refractivity contribution in [1.29, 1.82) is 0 Å². The van der Waals surface area contributed by atoms with E-state index in [-0.39, 0.29) is 24.4 Å². The molecule has 2 heterocycles. The lowest BCUT2D eigenvalue weighted by molar-refractivity contribution is -0.133. The highest BCUT2D eigenvalue weighted by atomic mass is 16.2. The summed E-state index contributed by atoms with van der Waals surface area (Å²) in [5.41, 5.74) is 1.12. The number of hydrogen-bond acceptors (Lipinski definition) is 3. The number of hydrogen-bond donors (Lipinski definition) is 0. The molecule has 1 fully saturated rings. The van der Waals surface area contributed by atoms with Crippen LogP contribution < -0.4 is 0 Å². The highest BCUT2D eigenvalue weighted by Gasteiger charge is 2.30. The molecule has 144 valence electrons. The Kier molecular flexibility index (Phi) is 6.27. The molecule has 0 saturated carbocycles. The average molecular weight is 368 g/mol.